The summed E-state index contributed by atoms with van der Waals surface area (Å²) >= 11 is 0. The van der Waals surface area contributed by atoms with Crippen LogP contribution in [0, 0.1) is 0 Å². The van der Waals surface area contributed by atoms with E-state index in [2.05, 4.69) is 5.32 Å². The average Bonchev–Trinajstić information content (AvgIpc) is 2.40. The van der Waals surface area contributed by atoms with Gasteiger partial charge in [-0.2, -0.15) is 0 Å². The lowest BCUT2D eigenvalue weighted by Crippen LogP contribution is -2.15. The third kappa shape index (κ3) is 1.87. The van der Waals surface area contributed by atoms with Crippen LogP contribution in [0.5, 0.6) is 0 Å². The van der Waals surface area contributed by atoms with Crippen LogP contribution in [-0.4, -0.2) is 7.05 Å². The quantitative estimate of drug-likeness (QED) is 0.679. The second kappa shape index (κ2) is 3.62. The second-order valence-corrected chi connectivity index (χ2v) is 3.08. The van der Waals surface area contributed by atoms with Crippen LogP contribution in [-0.2, 0) is 4.57 Å². The molecule has 5 heteroatoms. The molecular formula is C6H8NO3P. The molecule has 0 radical (unpaired) electrons. The molecule has 0 aromatic carbocycles. The Morgan fingerprint density at radius 2 is 2.55 bits per heavy atom. The van der Waals surface area contributed by atoms with Crippen molar-refractivity contribution in [2.45, 2.75) is 5.78 Å². The van der Waals surface area contributed by atoms with E-state index in [1.165, 1.54) is 6.26 Å². The van der Waals surface area contributed by atoms with Crippen LogP contribution in [0.25, 0.3) is 0 Å². The molecule has 0 aliphatic heterocycles. The monoisotopic (exact) mass is 173 g/mol. The van der Waals surface area contributed by atoms with Gasteiger partial charge in [0.1, 0.15) is 0 Å². The van der Waals surface area contributed by atoms with Crippen LogP contribution in [0.3, 0.4) is 0 Å². The zero-order valence-electron chi connectivity index (χ0n) is 5.98. The van der Waals surface area contributed by atoms with E-state index in [0.717, 1.165) is 0 Å². The smallest absolute Gasteiger partial charge is 0.336 e. The van der Waals surface area contributed by atoms with Gasteiger partial charge < -0.3 is 9.31 Å². The molecular weight excluding hydrogens is 165 g/mol. The van der Waals surface area contributed by atoms with Gasteiger partial charge in [0.05, 0.1) is 6.26 Å². The molecule has 60 valence electrons. The van der Waals surface area contributed by atoms with E-state index in [1.54, 1.807) is 19.2 Å². The number of rotatable bonds is 3. The maximum absolute atomic E-state index is 10.5. The lowest BCUT2D eigenvalue weighted by atomic mass is 10.4. The van der Waals surface area contributed by atoms with Gasteiger partial charge in [-0.3, -0.25) is 5.32 Å². The molecule has 1 rings (SSSR count). The lowest BCUT2D eigenvalue weighted by molar-refractivity contribution is -0.167. The molecule has 11 heavy (non-hydrogen) atoms. The predicted octanol–water partition coefficient (Wildman–Crippen LogP) is 0.600. The topological polar surface area (TPSA) is 65.3 Å². The summed E-state index contributed by atoms with van der Waals surface area (Å²) in [5.74, 6) is -0.288. The highest BCUT2D eigenvalue weighted by atomic mass is 31.1. The molecule has 1 aromatic heterocycles. The van der Waals surface area contributed by atoms with Crippen LogP contribution in [0.4, 0.5) is 0 Å². The first kappa shape index (κ1) is 8.40. The standard InChI is InChI=1S/C6H8NO3P/c1-7-6(11(8)9)5-3-2-4-10-5/h2-4,6-7H,1H3. The molecule has 1 N–H and O–H groups in total. The highest BCUT2D eigenvalue weighted by Gasteiger charge is 2.23. The first-order valence-electron chi connectivity index (χ1n) is 3.10. The third-order valence-electron chi connectivity index (χ3n) is 1.30. The van der Waals surface area contributed by atoms with Gasteiger partial charge in [0, 0.05) is 0 Å². The predicted molar refractivity (Wildman–Crippen MR) is 38.1 cm³/mol. The third-order valence-corrected chi connectivity index (χ3v) is 2.23. The summed E-state index contributed by atoms with van der Waals surface area (Å²) in [6.45, 7) is 0. The van der Waals surface area contributed by atoms with Crippen LogP contribution in [0.2, 0.25) is 0 Å². The van der Waals surface area contributed by atoms with Gasteiger partial charge in [-0.05, 0) is 19.2 Å². The van der Waals surface area contributed by atoms with E-state index >= 15 is 0 Å². The largest absolute Gasteiger partial charge is 0.594 e. The zero-order chi connectivity index (χ0) is 8.27. The molecule has 2 unspecified atom stereocenters. The number of furan rings is 1. The van der Waals surface area contributed by atoms with Crippen molar-refractivity contribution in [3.8, 4) is 0 Å². The average molecular weight is 173 g/mol. The fourth-order valence-electron chi connectivity index (χ4n) is 0.798. The lowest BCUT2D eigenvalue weighted by Gasteiger charge is -2.02. The number of hydrogen-bond acceptors (Lipinski definition) is 4. The first-order chi connectivity index (χ1) is 5.25. The van der Waals surface area contributed by atoms with Crippen molar-refractivity contribution < 1.29 is 13.9 Å². The van der Waals surface area contributed by atoms with Crippen molar-refractivity contribution in [1.82, 2.24) is 5.32 Å². The van der Waals surface area contributed by atoms with E-state index in [4.69, 9.17) is 4.42 Å². The van der Waals surface area contributed by atoms with Crippen molar-refractivity contribution in [1.29, 1.82) is 0 Å². The zero-order valence-corrected chi connectivity index (χ0v) is 6.88. The van der Waals surface area contributed by atoms with Crippen molar-refractivity contribution in [2.24, 2.45) is 0 Å². The van der Waals surface area contributed by atoms with Crippen LogP contribution in [0.1, 0.15) is 11.5 Å². The van der Waals surface area contributed by atoms with Crippen LogP contribution >= 0.6 is 8.03 Å². The van der Waals surface area contributed by atoms with Crippen molar-refractivity contribution in [3.63, 3.8) is 0 Å². The van der Waals surface area contributed by atoms with E-state index < -0.39 is 13.8 Å². The van der Waals surface area contributed by atoms with Crippen molar-refractivity contribution in [3.05, 3.63) is 24.2 Å². The normalized spacial score (nSPS) is 14.5. The van der Waals surface area contributed by atoms with Gasteiger partial charge in [-0.1, -0.05) is 4.57 Å². The Balaban J connectivity index is 2.79. The van der Waals surface area contributed by atoms with Gasteiger partial charge in [0.2, 0.25) is 0 Å². The van der Waals surface area contributed by atoms with Gasteiger partial charge in [-0.25, -0.2) is 0 Å². The Morgan fingerprint density at radius 1 is 1.82 bits per heavy atom. The van der Waals surface area contributed by atoms with E-state index in [-0.39, 0.29) is 0 Å². The van der Waals surface area contributed by atoms with Crippen LogP contribution < -0.4 is 10.2 Å². The molecule has 0 saturated carbocycles. The Hall–Kier alpha value is -0.700. The van der Waals surface area contributed by atoms with E-state index in [1.807, 2.05) is 0 Å². The van der Waals surface area contributed by atoms with Gasteiger partial charge in [0.25, 0.3) is 5.78 Å². The summed E-state index contributed by atoms with van der Waals surface area (Å²) in [6, 6.07) is 3.27. The Morgan fingerprint density at radius 3 is 2.91 bits per heavy atom. The van der Waals surface area contributed by atoms with Crippen LogP contribution in [0.15, 0.2) is 22.8 Å². The van der Waals surface area contributed by atoms with Crippen molar-refractivity contribution in [2.75, 3.05) is 7.05 Å². The summed E-state index contributed by atoms with van der Waals surface area (Å²) in [6.07, 6.45) is 1.44. The SMILES string of the molecule is CNC(c1ccco1)[P+](=O)[O-]. The molecule has 0 saturated heterocycles. The molecule has 0 aliphatic carbocycles. The minimum Gasteiger partial charge on any atom is -0.594 e. The first-order valence-corrected chi connectivity index (χ1v) is 4.34. The molecule has 0 amide bonds. The minimum absolute atomic E-state index is 0.420. The summed E-state index contributed by atoms with van der Waals surface area (Å²) in [5.41, 5.74) is 0. The number of hydrogen-bond donors (Lipinski definition) is 1. The number of nitrogens with one attached hydrogen (secondary N) is 1. The highest BCUT2D eigenvalue weighted by molar-refractivity contribution is 7.36. The molecule has 0 bridgehead atoms. The molecule has 0 fully saturated rings. The minimum atomic E-state index is -2.52. The van der Waals surface area contributed by atoms with Gasteiger partial charge in [-0.15, -0.1) is 0 Å². The summed E-state index contributed by atoms with van der Waals surface area (Å²) in [7, 11) is -0.952. The van der Waals surface area contributed by atoms with E-state index in [9.17, 15) is 9.46 Å². The molecule has 1 heterocycles. The summed E-state index contributed by atoms with van der Waals surface area (Å²) in [5, 5.41) is 2.61. The highest BCUT2D eigenvalue weighted by Crippen LogP contribution is 2.30. The van der Waals surface area contributed by atoms with Gasteiger partial charge >= 0.3 is 8.03 Å². The fourth-order valence-corrected chi connectivity index (χ4v) is 1.36. The summed E-state index contributed by atoms with van der Waals surface area (Å²) < 4.78 is 15.4. The second-order valence-electron chi connectivity index (χ2n) is 1.99. The molecule has 2 atom stereocenters. The maximum atomic E-state index is 10.5. The molecule has 0 spiro atoms. The van der Waals surface area contributed by atoms with Gasteiger partial charge in [0.15, 0.2) is 5.76 Å². The summed E-state index contributed by atoms with van der Waals surface area (Å²) in [4.78, 5) is 10.5. The van der Waals surface area contributed by atoms with E-state index in [0.29, 0.717) is 5.76 Å². The molecule has 0 aliphatic rings. The van der Waals surface area contributed by atoms with Crippen molar-refractivity contribution >= 4 is 8.03 Å². The fraction of sp³-hybridized carbons (Fsp3) is 0.333. The molecule has 1 aromatic rings. The Labute approximate surface area is 65.1 Å². The maximum Gasteiger partial charge on any atom is 0.336 e. The molecule has 4 nitrogen and oxygen atoms in total. The Bertz CT molecular complexity index is 234. The Kier molecular flexibility index (Phi) is 2.76.